The van der Waals surface area contributed by atoms with Crippen LogP contribution < -0.4 is 5.73 Å². The van der Waals surface area contributed by atoms with E-state index in [2.05, 4.69) is 0 Å². The average molecular weight is 240 g/mol. The van der Waals surface area contributed by atoms with Crippen molar-refractivity contribution in [1.29, 1.82) is 0 Å². The SMILES string of the molecule is CC(C)(C)OC(=O)N1CC2CCC(N)CC2C1. The lowest BCUT2D eigenvalue weighted by molar-refractivity contribution is 0.0284. The molecule has 0 aromatic heterocycles. The number of carbonyl (C=O) groups excluding carboxylic acids is 1. The smallest absolute Gasteiger partial charge is 0.410 e. The second kappa shape index (κ2) is 4.48. The van der Waals surface area contributed by atoms with Crippen LogP contribution in [0.25, 0.3) is 0 Å². The molecule has 0 radical (unpaired) electrons. The van der Waals surface area contributed by atoms with E-state index in [1.54, 1.807) is 0 Å². The van der Waals surface area contributed by atoms with Crippen LogP contribution in [0.5, 0.6) is 0 Å². The zero-order valence-electron chi connectivity index (χ0n) is 11.1. The molecule has 4 heteroatoms. The Hall–Kier alpha value is -0.770. The van der Waals surface area contributed by atoms with Gasteiger partial charge >= 0.3 is 6.09 Å². The quantitative estimate of drug-likeness (QED) is 0.704. The summed E-state index contributed by atoms with van der Waals surface area (Å²) in [6.45, 7) is 7.40. The molecule has 3 atom stereocenters. The van der Waals surface area contributed by atoms with E-state index in [1.807, 2.05) is 25.7 Å². The molecular weight excluding hydrogens is 216 g/mol. The van der Waals surface area contributed by atoms with Crippen LogP contribution in [0, 0.1) is 11.8 Å². The Morgan fingerprint density at radius 2 is 1.88 bits per heavy atom. The maximum absolute atomic E-state index is 12.0. The van der Waals surface area contributed by atoms with Gasteiger partial charge in [0.25, 0.3) is 0 Å². The van der Waals surface area contributed by atoms with E-state index >= 15 is 0 Å². The molecule has 1 amide bonds. The maximum Gasteiger partial charge on any atom is 0.410 e. The minimum Gasteiger partial charge on any atom is -0.444 e. The van der Waals surface area contributed by atoms with Gasteiger partial charge in [-0.1, -0.05) is 0 Å². The number of nitrogens with two attached hydrogens (primary N) is 1. The van der Waals surface area contributed by atoms with Gasteiger partial charge in [-0.05, 0) is 51.9 Å². The van der Waals surface area contributed by atoms with Crippen LogP contribution in [0.1, 0.15) is 40.0 Å². The Morgan fingerprint density at radius 1 is 1.24 bits per heavy atom. The van der Waals surface area contributed by atoms with Gasteiger partial charge in [-0.3, -0.25) is 0 Å². The van der Waals surface area contributed by atoms with Crippen molar-refractivity contribution in [2.45, 2.75) is 51.7 Å². The van der Waals surface area contributed by atoms with Crippen LogP contribution in [0.3, 0.4) is 0 Å². The third-order valence-corrected chi connectivity index (χ3v) is 3.74. The zero-order chi connectivity index (χ0) is 12.6. The summed E-state index contributed by atoms with van der Waals surface area (Å²) in [5.41, 5.74) is 5.58. The second-order valence-electron chi connectivity index (χ2n) is 6.48. The van der Waals surface area contributed by atoms with Crippen molar-refractivity contribution < 1.29 is 9.53 Å². The number of carbonyl (C=O) groups is 1. The zero-order valence-corrected chi connectivity index (χ0v) is 11.1. The van der Waals surface area contributed by atoms with Crippen molar-refractivity contribution >= 4 is 6.09 Å². The van der Waals surface area contributed by atoms with Crippen LogP contribution in [0.4, 0.5) is 4.79 Å². The average Bonchev–Trinajstić information content (AvgIpc) is 2.57. The number of fused-ring (bicyclic) bond motifs is 1. The van der Waals surface area contributed by atoms with Crippen LogP contribution in [0.15, 0.2) is 0 Å². The van der Waals surface area contributed by atoms with E-state index in [4.69, 9.17) is 10.5 Å². The number of likely N-dealkylation sites (tertiary alicyclic amines) is 1. The summed E-state index contributed by atoms with van der Waals surface area (Å²) in [5, 5.41) is 0. The first-order chi connectivity index (χ1) is 7.85. The third kappa shape index (κ3) is 3.12. The van der Waals surface area contributed by atoms with E-state index in [0.29, 0.717) is 17.9 Å². The summed E-state index contributed by atoms with van der Waals surface area (Å²) in [5.74, 6) is 1.23. The molecule has 1 aliphatic carbocycles. The minimum absolute atomic E-state index is 0.166. The Bertz CT molecular complexity index is 298. The van der Waals surface area contributed by atoms with E-state index in [0.717, 1.165) is 32.4 Å². The first-order valence-corrected chi connectivity index (χ1v) is 6.58. The molecule has 0 spiro atoms. The first-order valence-electron chi connectivity index (χ1n) is 6.58. The Morgan fingerprint density at radius 3 is 2.53 bits per heavy atom. The predicted octanol–water partition coefficient (Wildman–Crippen LogP) is 1.98. The minimum atomic E-state index is -0.402. The molecule has 2 N–H and O–H groups in total. The summed E-state index contributed by atoms with van der Waals surface area (Å²) >= 11 is 0. The normalized spacial score (nSPS) is 33.4. The third-order valence-electron chi connectivity index (χ3n) is 3.74. The van der Waals surface area contributed by atoms with Crippen LogP contribution in [0.2, 0.25) is 0 Å². The van der Waals surface area contributed by atoms with Crippen molar-refractivity contribution in [1.82, 2.24) is 4.90 Å². The number of nitrogens with zero attached hydrogens (tertiary/aromatic N) is 1. The molecule has 3 unspecified atom stereocenters. The van der Waals surface area contributed by atoms with Gasteiger partial charge in [0.2, 0.25) is 0 Å². The Balaban J connectivity index is 1.91. The molecule has 1 saturated carbocycles. The summed E-state index contributed by atoms with van der Waals surface area (Å²) in [6.07, 6.45) is 3.15. The Kier molecular flexibility index (Phi) is 3.34. The lowest BCUT2D eigenvalue weighted by Gasteiger charge is -2.27. The van der Waals surface area contributed by atoms with E-state index in [-0.39, 0.29) is 6.09 Å². The fourth-order valence-electron chi connectivity index (χ4n) is 2.94. The molecule has 98 valence electrons. The fraction of sp³-hybridized carbons (Fsp3) is 0.923. The molecule has 0 bridgehead atoms. The summed E-state index contributed by atoms with van der Waals surface area (Å²) in [6, 6.07) is 0.329. The first kappa shape index (κ1) is 12.7. The van der Waals surface area contributed by atoms with Gasteiger partial charge in [-0.2, -0.15) is 0 Å². The van der Waals surface area contributed by atoms with E-state index < -0.39 is 5.60 Å². The van der Waals surface area contributed by atoms with Crippen molar-refractivity contribution in [3.63, 3.8) is 0 Å². The van der Waals surface area contributed by atoms with Gasteiger partial charge in [0.15, 0.2) is 0 Å². The highest BCUT2D eigenvalue weighted by atomic mass is 16.6. The van der Waals surface area contributed by atoms with Crippen LogP contribution in [-0.2, 0) is 4.74 Å². The molecule has 2 rings (SSSR count). The summed E-state index contributed by atoms with van der Waals surface area (Å²) in [4.78, 5) is 13.8. The van der Waals surface area contributed by atoms with Crippen LogP contribution in [-0.4, -0.2) is 35.7 Å². The van der Waals surface area contributed by atoms with Crippen LogP contribution >= 0.6 is 0 Å². The molecule has 2 fully saturated rings. The van der Waals surface area contributed by atoms with Crippen molar-refractivity contribution in [3.05, 3.63) is 0 Å². The molecule has 2 aliphatic rings. The van der Waals surface area contributed by atoms with E-state index in [9.17, 15) is 4.79 Å². The maximum atomic E-state index is 12.0. The number of hydrogen-bond donors (Lipinski definition) is 1. The molecule has 4 nitrogen and oxygen atoms in total. The second-order valence-corrected chi connectivity index (χ2v) is 6.48. The summed E-state index contributed by atoms with van der Waals surface area (Å²) < 4.78 is 5.41. The van der Waals surface area contributed by atoms with Gasteiger partial charge in [0.05, 0.1) is 0 Å². The number of ether oxygens (including phenoxy) is 1. The van der Waals surface area contributed by atoms with Gasteiger partial charge in [0, 0.05) is 19.1 Å². The highest BCUT2D eigenvalue weighted by Gasteiger charge is 2.39. The van der Waals surface area contributed by atoms with Crippen molar-refractivity contribution in [2.24, 2.45) is 17.6 Å². The summed E-state index contributed by atoms with van der Waals surface area (Å²) in [7, 11) is 0. The molecule has 0 aromatic rings. The van der Waals surface area contributed by atoms with Gasteiger partial charge in [-0.15, -0.1) is 0 Å². The lowest BCUT2D eigenvalue weighted by atomic mass is 9.79. The molecular formula is C13H24N2O2. The van der Waals surface area contributed by atoms with Gasteiger partial charge < -0.3 is 15.4 Å². The lowest BCUT2D eigenvalue weighted by Crippen LogP contribution is -2.35. The van der Waals surface area contributed by atoms with Crippen molar-refractivity contribution in [3.8, 4) is 0 Å². The largest absolute Gasteiger partial charge is 0.444 e. The molecule has 17 heavy (non-hydrogen) atoms. The van der Waals surface area contributed by atoms with Gasteiger partial charge in [0.1, 0.15) is 5.60 Å². The molecule has 1 heterocycles. The highest BCUT2D eigenvalue weighted by molar-refractivity contribution is 5.68. The molecule has 0 aromatic carbocycles. The highest BCUT2D eigenvalue weighted by Crippen LogP contribution is 2.36. The van der Waals surface area contributed by atoms with Gasteiger partial charge in [-0.25, -0.2) is 4.79 Å². The van der Waals surface area contributed by atoms with E-state index in [1.165, 1.54) is 0 Å². The topological polar surface area (TPSA) is 55.6 Å². The standard InChI is InChI=1S/C13H24N2O2/c1-13(2,3)17-12(16)15-7-9-4-5-11(14)6-10(9)8-15/h9-11H,4-8,14H2,1-3H3. The molecule has 1 aliphatic heterocycles. The molecule has 1 saturated heterocycles. The number of hydrogen-bond acceptors (Lipinski definition) is 3. The fourth-order valence-corrected chi connectivity index (χ4v) is 2.94. The van der Waals surface area contributed by atoms with Crippen molar-refractivity contribution in [2.75, 3.05) is 13.1 Å². The monoisotopic (exact) mass is 240 g/mol. The predicted molar refractivity (Wildman–Crippen MR) is 66.6 cm³/mol. The number of rotatable bonds is 0. The number of amides is 1. The Labute approximate surface area is 103 Å².